The second-order valence-corrected chi connectivity index (χ2v) is 4.53. The maximum Gasteiger partial charge on any atom is 0.416 e. The maximum absolute atomic E-state index is 12.4. The minimum absolute atomic E-state index is 0.224. The number of carbonyl (C=O) groups excluding carboxylic acids is 1. The monoisotopic (exact) mass is 286 g/mol. The highest BCUT2D eigenvalue weighted by Gasteiger charge is 2.30. The number of alkyl halides is 3. The van der Waals surface area contributed by atoms with Crippen molar-refractivity contribution in [3.8, 4) is 0 Å². The summed E-state index contributed by atoms with van der Waals surface area (Å²) in [5, 5.41) is 11.7. The highest BCUT2D eigenvalue weighted by Crippen LogP contribution is 2.29. The van der Waals surface area contributed by atoms with Crippen LogP contribution in [-0.4, -0.2) is 34.8 Å². The van der Waals surface area contributed by atoms with Crippen LogP contribution in [0.25, 0.3) is 0 Å². The van der Waals surface area contributed by atoms with Gasteiger partial charge in [0, 0.05) is 31.5 Å². The van der Waals surface area contributed by atoms with Crippen LogP contribution in [0.5, 0.6) is 0 Å². The Kier molecular flexibility index (Phi) is 3.96. The third-order valence-corrected chi connectivity index (χ3v) is 3.23. The van der Waals surface area contributed by atoms with E-state index >= 15 is 0 Å². The van der Waals surface area contributed by atoms with E-state index in [1.807, 2.05) is 0 Å². The average molecular weight is 286 g/mol. The number of hydrogen-bond donors (Lipinski definition) is 1. The molecule has 0 unspecified atom stereocenters. The smallest absolute Gasteiger partial charge is 0.411 e. The Labute approximate surface area is 113 Å². The molecule has 1 aliphatic heterocycles. The van der Waals surface area contributed by atoms with Crippen LogP contribution in [0.4, 0.5) is 13.2 Å². The highest BCUT2D eigenvalue weighted by molar-refractivity contribution is 5.96. The first-order valence-corrected chi connectivity index (χ1v) is 6.08. The zero-order valence-electron chi connectivity index (χ0n) is 10.5. The first-order valence-electron chi connectivity index (χ1n) is 6.08. The highest BCUT2D eigenvalue weighted by atomic mass is 19.4. The molecule has 20 heavy (non-hydrogen) atoms. The quantitative estimate of drug-likeness (QED) is 0.637. The average Bonchev–Trinajstić information content (AvgIpc) is 2.46. The summed E-state index contributed by atoms with van der Waals surface area (Å²) in [5.41, 5.74) is 0.0752. The van der Waals surface area contributed by atoms with Crippen molar-refractivity contribution in [1.82, 2.24) is 4.90 Å². The Balaban J connectivity index is 2.07. The van der Waals surface area contributed by atoms with Crippen LogP contribution < -0.4 is 0 Å². The number of rotatable bonds is 1. The van der Waals surface area contributed by atoms with Crippen molar-refractivity contribution < 1.29 is 23.2 Å². The maximum atomic E-state index is 12.4. The fourth-order valence-electron chi connectivity index (χ4n) is 2.05. The lowest BCUT2D eigenvalue weighted by Gasteiger charge is -2.27. The summed E-state index contributed by atoms with van der Waals surface area (Å²) in [5.74, 6) is -0.310. The Bertz CT molecular complexity index is 513. The fourth-order valence-corrected chi connectivity index (χ4v) is 2.05. The Hall–Kier alpha value is -2.05. The summed E-state index contributed by atoms with van der Waals surface area (Å²) in [6.07, 6.45) is -3.45. The summed E-state index contributed by atoms with van der Waals surface area (Å²) in [7, 11) is 0. The van der Waals surface area contributed by atoms with E-state index in [4.69, 9.17) is 5.21 Å². The van der Waals surface area contributed by atoms with Gasteiger partial charge in [-0.2, -0.15) is 13.2 Å². The summed E-state index contributed by atoms with van der Waals surface area (Å²) in [6.45, 7) is 0.804. The molecule has 1 aromatic rings. The largest absolute Gasteiger partial charge is 0.416 e. The lowest BCUT2D eigenvalue weighted by atomic mass is 10.1. The molecule has 108 valence electrons. The molecule has 1 amide bonds. The van der Waals surface area contributed by atoms with Crippen molar-refractivity contribution in [2.75, 3.05) is 13.1 Å². The van der Waals surface area contributed by atoms with Gasteiger partial charge in [0.1, 0.15) is 0 Å². The van der Waals surface area contributed by atoms with Gasteiger partial charge < -0.3 is 10.1 Å². The lowest BCUT2D eigenvalue weighted by Crippen LogP contribution is -2.38. The van der Waals surface area contributed by atoms with Crippen LogP contribution in [0.3, 0.4) is 0 Å². The Morgan fingerprint density at radius 3 is 2.15 bits per heavy atom. The van der Waals surface area contributed by atoms with E-state index in [1.54, 1.807) is 0 Å². The molecule has 0 saturated carbocycles. The van der Waals surface area contributed by atoms with E-state index in [-0.39, 0.29) is 11.5 Å². The van der Waals surface area contributed by atoms with E-state index in [0.717, 1.165) is 12.1 Å². The van der Waals surface area contributed by atoms with E-state index in [0.29, 0.717) is 31.6 Å². The van der Waals surface area contributed by atoms with Gasteiger partial charge >= 0.3 is 6.18 Å². The number of piperidine rings is 1. The standard InChI is InChI=1S/C13H13F3N2O2/c14-13(15,16)10-3-1-9(2-4-10)12(19)18-7-5-11(17-20)6-8-18/h1-4,20H,5-8H2. The van der Waals surface area contributed by atoms with Gasteiger partial charge in [-0.1, -0.05) is 5.16 Å². The molecule has 7 heteroatoms. The normalized spacial score (nSPS) is 16.1. The van der Waals surface area contributed by atoms with Gasteiger partial charge in [-0.15, -0.1) is 0 Å². The molecule has 0 aliphatic carbocycles. The Morgan fingerprint density at radius 2 is 1.70 bits per heavy atom. The molecule has 0 atom stereocenters. The number of hydrogen-bond acceptors (Lipinski definition) is 3. The van der Waals surface area contributed by atoms with Crippen LogP contribution >= 0.6 is 0 Å². The van der Waals surface area contributed by atoms with Crippen molar-refractivity contribution in [3.05, 3.63) is 35.4 Å². The number of halogens is 3. The lowest BCUT2D eigenvalue weighted by molar-refractivity contribution is -0.137. The third-order valence-electron chi connectivity index (χ3n) is 3.23. The molecular formula is C13H13F3N2O2. The van der Waals surface area contributed by atoms with Crippen LogP contribution in [0.1, 0.15) is 28.8 Å². The SMILES string of the molecule is O=C(c1ccc(C(F)(F)F)cc1)N1CCC(=NO)CC1. The fraction of sp³-hybridized carbons (Fsp3) is 0.385. The second kappa shape index (κ2) is 5.52. The summed E-state index contributed by atoms with van der Waals surface area (Å²) >= 11 is 0. The summed E-state index contributed by atoms with van der Waals surface area (Å²) in [6, 6.07) is 4.16. The van der Waals surface area contributed by atoms with Crippen LogP contribution in [0, 0.1) is 0 Å². The van der Waals surface area contributed by atoms with E-state index < -0.39 is 11.7 Å². The number of nitrogens with zero attached hydrogens (tertiary/aromatic N) is 2. The van der Waals surface area contributed by atoms with Crippen molar-refractivity contribution in [2.24, 2.45) is 5.16 Å². The van der Waals surface area contributed by atoms with Crippen LogP contribution in [0.2, 0.25) is 0 Å². The van der Waals surface area contributed by atoms with Gasteiger partial charge in [-0.3, -0.25) is 4.79 Å². The van der Waals surface area contributed by atoms with Gasteiger partial charge in [-0.05, 0) is 24.3 Å². The Morgan fingerprint density at radius 1 is 1.15 bits per heavy atom. The number of benzene rings is 1. The molecule has 4 nitrogen and oxygen atoms in total. The molecule has 0 aromatic heterocycles. The van der Waals surface area contributed by atoms with Crippen molar-refractivity contribution in [1.29, 1.82) is 0 Å². The first kappa shape index (κ1) is 14.4. The molecule has 1 N–H and O–H groups in total. The zero-order valence-corrected chi connectivity index (χ0v) is 10.5. The zero-order chi connectivity index (χ0) is 14.8. The number of oxime groups is 1. The van der Waals surface area contributed by atoms with Gasteiger partial charge in [0.15, 0.2) is 0 Å². The predicted octanol–water partition coefficient (Wildman–Crippen LogP) is 2.77. The number of carbonyl (C=O) groups is 1. The van der Waals surface area contributed by atoms with E-state index in [9.17, 15) is 18.0 Å². The van der Waals surface area contributed by atoms with E-state index in [2.05, 4.69) is 5.16 Å². The van der Waals surface area contributed by atoms with Gasteiger partial charge in [-0.25, -0.2) is 0 Å². The number of likely N-dealkylation sites (tertiary alicyclic amines) is 1. The molecule has 2 rings (SSSR count). The molecule has 1 aromatic carbocycles. The molecule has 0 radical (unpaired) electrons. The minimum atomic E-state index is -4.40. The molecule has 1 aliphatic rings. The predicted molar refractivity (Wildman–Crippen MR) is 65.8 cm³/mol. The van der Waals surface area contributed by atoms with Crippen molar-refractivity contribution in [3.63, 3.8) is 0 Å². The van der Waals surface area contributed by atoms with Crippen molar-refractivity contribution in [2.45, 2.75) is 19.0 Å². The molecular weight excluding hydrogens is 273 g/mol. The summed E-state index contributed by atoms with van der Waals surface area (Å²) in [4.78, 5) is 13.6. The molecule has 1 heterocycles. The molecule has 0 spiro atoms. The van der Waals surface area contributed by atoms with Gasteiger partial charge in [0.25, 0.3) is 5.91 Å². The van der Waals surface area contributed by atoms with Crippen LogP contribution in [-0.2, 0) is 6.18 Å². The minimum Gasteiger partial charge on any atom is -0.411 e. The van der Waals surface area contributed by atoms with Gasteiger partial charge in [0.2, 0.25) is 0 Å². The van der Waals surface area contributed by atoms with E-state index in [1.165, 1.54) is 17.0 Å². The first-order chi connectivity index (χ1) is 9.41. The molecule has 0 bridgehead atoms. The molecule has 1 fully saturated rings. The number of amides is 1. The van der Waals surface area contributed by atoms with Crippen molar-refractivity contribution >= 4 is 11.6 Å². The van der Waals surface area contributed by atoms with Gasteiger partial charge in [0.05, 0.1) is 11.3 Å². The third kappa shape index (κ3) is 3.09. The summed E-state index contributed by atoms with van der Waals surface area (Å²) < 4.78 is 37.3. The molecule has 1 saturated heterocycles. The topological polar surface area (TPSA) is 52.9 Å². The van der Waals surface area contributed by atoms with Crippen LogP contribution in [0.15, 0.2) is 29.4 Å². The second-order valence-electron chi connectivity index (χ2n) is 4.53.